The molecule has 220 valence electrons. The number of rotatable bonds is 4. The molecule has 2 saturated heterocycles. The Bertz CT molecular complexity index is 1360. The minimum Gasteiger partial charge on any atom is -0.370 e. The van der Waals surface area contributed by atoms with Gasteiger partial charge in [0.05, 0.1) is 12.2 Å². The minimum atomic E-state index is -4.46. The van der Waals surface area contributed by atoms with Gasteiger partial charge >= 0.3 is 6.18 Å². The number of nitrogens with one attached hydrogen (secondary N) is 1. The van der Waals surface area contributed by atoms with E-state index in [1.165, 1.54) is 13.1 Å². The molecular weight excluding hydrogens is 551 g/mol. The van der Waals surface area contributed by atoms with E-state index in [-0.39, 0.29) is 11.5 Å². The van der Waals surface area contributed by atoms with Gasteiger partial charge in [0, 0.05) is 61.1 Å². The summed E-state index contributed by atoms with van der Waals surface area (Å²) in [6.07, 6.45) is 0.838. The Morgan fingerprint density at radius 2 is 1.73 bits per heavy atom. The lowest BCUT2D eigenvalue weighted by atomic mass is 9.98. The van der Waals surface area contributed by atoms with E-state index < -0.39 is 17.9 Å². The normalized spacial score (nSPS) is 21.1. The number of halogens is 4. The molecule has 3 heterocycles. The maximum absolute atomic E-state index is 13.8. The zero-order chi connectivity index (χ0) is 29.1. The van der Waals surface area contributed by atoms with Crippen LogP contribution < -0.4 is 15.1 Å². The van der Waals surface area contributed by atoms with Crippen LogP contribution in [0.3, 0.4) is 0 Å². The molecule has 5 rings (SSSR count). The van der Waals surface area contributed by atoms with E-state index in [0.29, 0.717) is 36.9 Å². The largest absolute Gasteiger partial charge is 0.433 e. The van der Waals surface area contributed by atoms with Crippen molar-refractivity contribution < 1.29 is 18.0 Å². The number of carbonyl (C=O) groups is 1. The summed E-state index contributed by atoms with van der Waals surface area (Å²) in [5.41, 5.74) is 3.46. The molecule has 2 aliphatic heterocycles. The molecule has 0 spiro atoms. The summed E-state index contributed by atoms with van der Waals surface area (Å²) in [7, 11) is 0. The van der Waals surface area contributed by atoms with E-state index >= 15 is 0 Å². The minimum absolute atomic E-state index is 0.113. The number of nitrogens with zero attached hydrogens (tertiary/aromatic N) is 4. The number of alkyl halides is 3. The van der Waals surface area contributed by atoms with Crippen LogP contribution in [0.15, 0.2) is 48.7 Å². The highest BCUT2D eigenvalue weighted by Crippen LogP contribution is 2.39. The molecule has 10 heteroatoms. The first kappa shape index (κ1) is 29.3. The van der Waals surface area contributed by atoms with Crippen LogP contribution >= 0.6 is 11.6 Å². The molecule has 2 unspecified atom stereocenters. The fourth-order valence-corrected chi connectivity index (χ4v) is 6.30. The van der Waals surface area contributed by atoms with Crippen molar-refractivity contribution in [1.29, 1.82) is 0 Å². The smallest absolute Gasteiger partial charge is 0.370 e. The maximum Gasteiger partial charge on any atom is 0.433 e. The maximum atomic E-state index is 13.8. The molecule has 0 bridgehead atoms. The van der Waals surface area contributed by atoms with Crippen LogP contribution in [0.1, 0.15) is 56.3 Å². The highest BCUT2D eigenvalue weighted by atomic mass is 35.5. The van der Waals surface area contributed by atoms with Gasteiger partial charge in [-0.15, -0.1) is 0 Å². The molecule has 1 N–H and O–H groups in total. The van der Waals surface area contributed by atoms with Crippen molar-refractivity contribution >= 4 is 28.9 Å². The fraction of sp³-hybridized carbons (Fsp3) is 0.484. The van der Waals surface area contributed by atoms with Crippen LogP contribution in [0.4, 0.5) is 24.5 Å². The molecule has 2 aliphatic rings. The Morgan fingerprint density at radius 3 is 2.49 bits per heavy atom. The monoisotopic (exact) mass is 587 g/mol. The van der Waals surface area contributed by atoms with Crippen LogP contribution in [0, 0.1) is 12.8 Å². The van der Waals surface area contributed by atoms with Crippen molar-refractivity contribution in [3.8, 4) is 11.1 Å². The van der Waals surface area contributed by atoms with Crippen molar-refractivity contribution in [2.24, 2.45) is 5.92 Å². The predicted molar refractivity (Wildman–Crippen MR) is 158 cm³/mol. The van der Waals surface area contributed by atoms with E-state index in [0.717, 1.165) is 66.1 Å². The first-order chi connectivity index (χ1) is 19.6. The van der Waals surface area contributed by atoms with Crippen molar-refractivity contribution in [3.05, 3.63) is 64.9 Å². The van der Waals surface area contributed by atoms with Gasteiger partial charge in [0.25, 0.3) is 0 Å². The fourth-order valence-electron chi connectivity index (χ4n) is 6.14. The topological polar surface area (TPSA) is 53.4 Å². The third kappa shape index (κ3) is 6.83. The summed E-state index contributed by atoms with van der Waals surface area (Å²) in [5.74, 6) is 0.481. The molecule has 3 aromatic rings. The Hall–Kier alpha value is -3.20. The molecule has 1 aromatic heterocycles. The summed E-state index contributed by atoms with van der Waals surface area (Å²) in [4.78, 5) is 16.6. The Labute approximate surface area is 244 Å². The second kappa shape index (κ2) is 12.3. The van der Waals surface area contributed by atoms with E-state index in [9.17, 15) is 18.0 Å². The van der Waals surface area contributed by atoms with Gasteiger partial charge in [-0.25, -0.2) is 0 Å². The van der Waals surface area contributed by atoms with Crippen molar-refractivity contribution in [1.82, 2.24) is 15.1 Å². The first-order valence-corrected chi connectivity index (χ1v) is 14.8. The molecule has 41 heavy (non-hydrogen) atoms. The highest BCUT2D eigenvalue weighted by molar-refractivity contribution is 6.31. The van der Waals surface area contributed by atoms with Gasteiger partial charge in [-0.2, -0.15) is 18.3 Å². The molecule has 2 atom stereocenters. The summed E-state index contributed by atoms with van der Waals surface area (Å²) in [6, 6.07) is 13.7. The van der Waals surface area contributed by atoms with Gasteiger partial charge in [0.15, 0.2) is 0 Å². The number of anilines is 2. The quantitative estimate of drug-likeness (QED) is 0.353. The van der Waals surface area contributed by atoms with Gasteiger partial charge < -0.3 is 15.1 Å². The number of hydrogen-bond donors (Lipinski definition) is 1. The molecule has 0 radical (unpaired) electrons. The zero-order valence-corrected chi connectivity index (χ0v) is 24.3. The third-order valence-electron chi connectivity index (χ3n) is 8.20. The molecule has 0 saturated carbocycles. The second-order valence-electron chi connectivity index (χ2n) is 11.4. The van der Waals surface area contributed by atoms with Crippen LogP contribution in [-0.2, 0) is 11.0 Å². The summed E-state index contributed by atoms with van der Waals surface area (Å²) >= 11 is 6.44. The molecule has 2 aromatic carbocycles. The van der Waals surface area contributed by atoms with Gasteiger partial charge in [-0.05, 0) is 73.9 Å². The number of benzene rings is 2. The van der Waals surface area contributed by atoms with Crippen LogP contribution in [0.2, 0.25) is 5.02 Å². The van der Waals surface area contributed by atoms with Crippen molar-refractivity contribution in [3.63, 3.8) is 0 Å². The molecule has 6 nitrogen and oxygen atoms in total. The molecule has 0 aliphatic carbocycles. The van der Waals surface area contributed by atoms with Gasteiger partial charge in [0.1, 0.15) is 5.69 Å². The number of piperidine rings is 1. The lowest BCUT2D eigenvalue weighted by Crippen LogP contribution is -2.38. The third-order valence-corrected chi connectivity index (χ3v) is 8.43. The second-order valence-corrected chi connectivity index (χ2v) is 11.8. The standard InChI is InChI=1S/C31H37ClF3N5O/c1-21-5-3-14-38(16-13-36-29(41)17-21)25-10-7-23(8-11-25)27-12-9-24(32)18-28(27)39-15-4-6-26(20-39)40-30(31(33,34)35)22(2)19-37-40/h7-12,18-19,21,26H,3-6,13-17,20H2,1-2H3,(H,36,41). The number of aryl methyl sites for hydroxylation is 1. The highest BCUT2D eigenvalue weighted by Gasteiger charge is 2.39. The SMILES string of the molecule is Cc1cnn(C2CCCN(c3cc(Cl)ccc3-c3ccc(N4CCCC(C)CC(=O)NCC4)cc3)C2)c1C(F)(F)F. The van der Waals surface area contributed by atoms with Crippen molar-refractivity contribution in [2.75, 3.05) is 42.5 Å². The predicted octanol–water partition coefficient (Wildman–Crippen LogP) is 7.11. The lowest BCUT2D eigenvalue weighted by molar-refractivity contribution is -0.145. The van der Waals surface area contributed by atoms with E-state index in [1.54, 1.807) is 0 Å². The first-order valence-electron chi connectivity index (χ1n) is 14.4. The van der Waals surface area contributed by atoms with Crippen LogP contribution in [0.25, 0.3) is 11.1 Å². The summed E-state index contributed by atoms with van der Waals surface area (Å²) in [5, 5.41) is 7.74. The van der Waals surface area contributed by atoms with E-state index in [4.69, 9.17) is 11.6 Å². The number of hydrogen-bond acceptors (Lipinski definition) is 4. The van der Waals surface area contributed by atoms with E-state index in [2.05, 4.69) is 51.4 Å². The Kier molecular flexibility index (Phi) is 8.82. The molecular formula is C31H37ClF3N5O. The lowest BCUT2D eigenvalue weighted by Gasteiger charge is -2.36. The van der Waals surface area contributed by atoms with Crippen molar-refractivity contribution in [2.45, 2.75) is 58.2 Å². The van der Waals surface area contributed by atoms with Crippen LogP contribution in [-0.4, -0.2) is 48.4 Å². The van der Waals surface area contributed by atoms with Gasteiger partial charge in [-0.3, -0.25) is 9.48 Å². The average molecular weight is 588 g/mol. The molecule has 1 amide bonds. The zero-order valence-electron chi connectivity index (χ0n) is 23.6. The van der Waals surface area contributed by atoms with Crippen LogP contribution in [0.5, 0.6) is 0 Å². The number of aromatic nitrogens is 2. The van der Waals surface area contributed by atoms with E-state index in [1.807, 2.05) is 18.2 Å². The summed E-state index contributed by atoms with van der Waals surface area (Å²) in [6.45, 7) is 6.99. The van der Waals surface area contributed by atoms with Gasteiger partial charge in [-0.1, -0.05) is 36.7 Å². The summed E-state index contributed by atoms with van der Waals surface area (Å²) < 4.78 is 42.6. The Morgan fingerprint density at radius 1 is 1.00 bits per heavy atom. The Balaban J connectivity index is 1.38. The number of carbonyl (C=O) groups excluding carboxylic acids is 1. The average Bonchev–Trinajstić information content (AvgIpc) is 3.34. The van der Waals surface area contributed by atoms with Gasteiger partial charge in [0.2, 0.25) is 5.91 Å². The molecule has 2 fully saturated rings. The number of amides is 1.